The number of nitrogens with zero attached hydrogens (tertiary/aromatic N) is 3. The molecule has 0 spiro atoms. The molecule has 4 rings (SSSR count). The molecule has 6 nitrogen and oxygen atoms in total. The van der Waals surface area contributed by atoms with E-state index in [0.29, 0.717) is 23.3 Å². The normalized spacial score (nSPS) is 24.8. The van der Waals surface area contributed by atoms with E-state index < -0.39 is 10.0 Å². The number of rotatable bonds is 5. The summed E-state index contributed by atoms with van der Waals surface area (Å²) in [5, 5.41) is 1.80. The van der Waals surface area contributed by atoms with Gasteiger partial charge in [-0.15, -0.1) is 11.3 Å². The van der Waals surface area contributed by atoms with Crippen LogP contribution < -0.4 is 0 Å². The van der Waals surface area contributed by atoms with Crippen molar-refractivity contribution in [1.29, 1.82) is 0 Å². The van der Waals surface area contributed by atoms with Crippen molar-refractivity contribution in [3.63, 3.8) is 0 Å². The fourth-order valence-corrected chi connectivity index (χ4v) is 7.99. The van der Waals surface area contributed by atoms with E-state index in [1.54, 1.807) is 21.8 Å². The Hall–Kier alpha value is -0.960. The number of likely N-dealkylation sites (tertiary alicyclic amines) is 2. The van der Waals surface area contributed by atoms with Crippen molar-refractivity contribution in [2.24, 2.45) is 11.8 Å². The Morgan fingerprint density at radius 2 is 1.67 bits per heavy atom. The first-order valence-electron chi connectivity index (χ1n) is 11.5. The molecule has 0 radical (unpaired) electrons. The van der Waals surface area contributed by atoms with Gasteiger partial charge in [-0.1, -0.05) is 19.4 Å². The lowest BCUT2D eigenvalue weighted by Gasteiger charge is -2.41. The molecule has 1 aromatic rings. The lowest BCUT2D eigenvalue weighted by atomic mass is 9.84. The molecule has 0 aliphatic carbocycles. The Morgan fingerprint density at radius 3 is 2.27 bits per heavy atom. The Labute approximate surface area is 185 Å². The molecule has 168 valence electrons. The van der Waals surface area contributed by atoms with E-state index in [9.17, 15) is 13.2 Å². The standard InChI is InChI=1S/C22H35N3O3S2/c1-18(19-7-15-25(16-8-19)30(27,28)21-6-5-17-29-21)22(26)24-13-9-20(10-14-24)23-11-3-2-4-12-23/h5-6,17-20H,2-4,7-16H2,1H3/t18-/m1/s1. The summed E-state index contributed by atoms with van der Waals surface area (Å²) in [7, 11) is -3.37. The van der Waals surface area contributed by atoms with E-state index in [1.807, 2.05) is 6.92 Å². The van der Waals surface area contributed by atoms with Crippen LogP contribution in [-0.4, -0.2) is 73.7 Å². The average molecular weight is 454 g/mol. The van der Waals surface area contributed by atoms with Crippen LogP contribution in [0.1, 0.15) is 51.9 Å². The number of piperidine rings is 3. The van der Waals surface area contributed by atoms with Crippen molar-refractivity contribution < 1.29 is 13.2 Å². The van der Waals surface area contributed by atoms with Crippen LogP contribution in [0, 0.1) is 11.8 Å². The van der Waals surface area contributed by atoms with Crippen LogP contribution in [0.4, 0.5) is 0 Å². The van der Waals surface area contributed by atoms with Gasteiger partial charge in [0, 0.05) is 38.1 Å². The molecular weight excluding hydrogens is 418 g/mol. The fourth-order valence-electron chi connectivity index (χ4n) is 5.38. The van der Waals surface area contributed by atoms with Crippen molar-refractivity contribution in [3.8, 4) is 0 Å². The van der Waals surface area contributed by atoms with Crippen molar-refractivity contribution in [2.75, 3.05) is 39.3 Å². The van der Waals surface area contributed by atoms with Crippen molar-refractivity contribution >= 4 is 27.3 Å². The molecule has 1 aromatic heterocycles. The van der Waals surface area contributed by atoms with Crippen LogP contribution in [-0.2, 0) is 14.8 Å². The Morgan fingerprint density at radius 1 is 1.00 bits per heavy atom. The molecular formula is C22H35N3O3S2. The van der Waals surface area contributed by atoms with Gasteiger partial charge in [0.15, 0.2) is 0 Å². The first-order chi connectivity index (χ1) is 14.5. The molecule has 1 amide bonds. The summed E-state index contributed by atoms with van der Waals surface area (Å²) in [6.45, 7) is 7.27. The Kier molecular flexibility index (Phi) is 7.17. The van der Waals surface area contributed by atoms with Gasteiger partial charge in [0.1, 0.15) is 4.21 Å². The highest BCUT2D eigenvalue weighted by Gasteiger charge is 2.36. The van der Waals surface area contributed by atoms with Gasteiger partial charge in [0.05, 0.1) is 0 Å². The summed E-state index contributed by atoms with van der Waals surface area (Å²) in [6.07, 6.45) is 7.71. The highest BCUT2D eigenvalue weighted by molar-refractivity contribution is 7.91. The van der Waals surface area contributed by atoms with Gasteiger partial charge in [0.25, 0.3) is 10.0 Å². The maximum atomic E-state index is 13.1. The molecule has 4 heterocycles. The van der Waals surface area contributed by atoms with E-state index in [4.69, 9.17) is 0 Å². The minimum atomic E-state index is -3.37. The Bertz CT molecular complexity index is 790. The van der Waals surface area contributed by atoms with Gasteiger partial charge >= 0.3 is 0 Å². The van der Waals surface area contributed by atoms with Crippen LogP contribution in [0.25, 0.3) is 0 Å². The van der Waals surface area contributed by atoms with Crippen LogP contribution in [0.3, 0.4) is 0 Å². The highest BCUT2D eigenvalue weighted by atomic mass is 32.2. The van der Waals surface area contributed by atoms with Gasteiger partial charge in [-0.05, 0) is 69.0 Å². The number of amides is 1. The summed E-state index contributed by atoms with van der Waals surface area (Å²) in [5.74, 6) is 0.516. The van der Waals surface area contributed by atoms with E-state index in [2.05, 4.69) is 9.80 Å². The molecule has 0 bridgehead atoms. The first kappa shape index (κ1) is 22.2. The molecule has 0 unspecified atom stereocenters. The molecule has 3 aliphatic rings. The predicted octanol–water partition coefficient (Wildman–Crippen LogP) is 3.26. The largest absolute Gasteiger partial charge is 0.342 e. The van der Waals surface area contributed by atoms with Crippen LogP contribution >= 0.6 is 11.3 Å². The second-order valence-electron chi connectivity index (χ2n) is 9.12. The lowest BCUT2D eigenvalue weighted by molar-refractivity contribution is -0.138. The first-order valence-corrected chi connectivity index (χ1v) is 13.9. The lowest BCUT2D eigenvalue weighted by Crippen LogP contribution is -2.50. The fraction of sp³-hybridized carbons (Fsp3) is 0.773. The average Bonchev–Trinajstić information content (AvgIpc) is 3.35. The summed E-state index contributed by atoms with van der Waals surface area (Å²) < 4.78 is 27.5. The second kappa shape index (κ2) is 9.67. The zero-order chi connectivity index (χ0) is 21.1. The van der Waals surface area contributed by atoms with E-state index in [0.717, 1.165) is 38.8 Å². The molecule has 0 N–H and O–H groups in total. The third-order valence-electron chi connectivity index (χ3n) is 7.37. The zero-order valence-corrected chi connectivity index (χ0v) is 19.7. The number of carbonyl (C=O) groups is 1. The summed E-state index contributed by atoms with van der Waals surface area (Å²) >= 11 is 1.27. The molecule has 3 saturated heterocycles. The van der Waals surface area contributed by atoms with Crippen LogP contribution in [0.5, 0.6) is 0 Å². The summed E-state index contributed by atoms with van der Waals surface area (Å²) in [6, 6.07) is 4.10. The number of hydrogen-bond donors (Lipinski definition) is 0. The van der Waals surface area contributed by atoms with Crippen LogP contribution in [0.15, 0.2) is 21.7 Å². The highest BCUT2D eigenvalue weighted by Crippen LogP contribution is 2.31. The topological polar surface area (TPSA) is 60.9 Å². The van der Waals surface area contributed by atoms with Gasteiger partial charge in [0.2, 0.25) is 5.91 Å². The SMILES string of the molecule is C[C@@H](C(=O)N1CCC(N2CCCCC2)CC1)C1CCN(S(=O)(=O)c2cccs2)CC1. The smallest absolute Gasteiger partial charge is 0.252 e. The van der Waals surface area contributed by atoms with Gasteiger partial charge in [-0.25, -0.2) is 8.42 Å². The number of hydrogen-bond acceptors (Lipinski definition) is 5. The third kappa shape index (κ3) is 4.76. The zero-order valence-electron chi connectivity index (χ0n) is 18.0. The third-order valence-corrected chi connectivity index (χ3v) is 10.6. The number of sulfonamides is 1. The summed E-state index contributed by atoms with van der Waals surface area (Å²) in [5.41, 5.74) is 0. The monoisotopic (exact) mass is 453 g/mol. The minimum absolute atomic E-state index is 0.0249. The number of carbonyl (C=O) groups excluding carboxylic acids is 1. The molecule has 30 heavy (non-hydrogen) atoms. The predicted molar refractivity (Wildman–Crippen MR) is 120 cm³/mol. The van der Waals surface area contributed by atoms with E-state index in [1.165, 1.54) is 43.7 Å². The van der Waals surface area contributed by atoms with Gasteiger partial charge in [-0.3, -0.25) is 4.79 Å². The minimum Gasteiger partial charge on any atom is -0.342 e. The maximum Gasteiger partial charge on any atom is 0.252 e. The quantitative estimate of drug-likeness (QED) is 0.687. The van der Waals surface area contributed by atoms with Crippen LogP contribution in [0.2, 0.25) is 0 Å². The molecule has 1 atom stereocenters. The Balaban J connectivity index is 1.26. The van der Waals surface area contributed by atoms with Gasteiger partial charge < -0.3 is 9.80 Å². The van der Waals surface area contributed by atoms with Crippen molar-refractivity contribution in [2.45, 2.75) is 62.1 Å². The second-order valence-corrected chi connectivity index (χ2v) is 12.2. The molecule has 0 aromatic carbocycles. The number of thiophene rings is 1. The van der Waals surface area contributed by atoms with Crippen molar-refractivity contribution in [1.82, 2.24) is 14.1 Å². The molecule has 8 heteroatoms. The molecule has 0 saturated carbocycles. The van der Waals surface area contributed by atoms with Gasteiger partial charge in [-0.2, -0.15) is 4.31 Å². The summed E-state index contributed by atoms with van der Waals surface area (Å²) in [4.78, 5) is 17.8. The van der Waals surface area contributed by atoms with E-state index in [-0.39, 0.29) is 17.7 Å². The molecule has 3 aliphatic heterocycles. The van der Waals surface area contributed by atoms with E-state index >= 15 is 0 Å². The van der Waals surface area contributed by atoms with Crippen molar-refractivity contribution in [3.05, 3.63) is 17.5 Å². The maximum absolute atomic E-state index is 13.1. The molecule has 3 fully saturated rings.